The first-order valence-corrected chi connectivity index (χ1v) is 6.43. The van der Waals surface area contributed by atoms with Gasteiger partial charge in [-0.3, -0.25) is 4.90 Å². The van der Waals surface area contributed by atoms with Crippen molar-refractivity contribution < 1.29 is 15.3 Å². The van der Waals surface area contributed by atoms with Crippen LogP contribution in [-0.2, 0) is 0 Å². The number of piperidine rings is 1. The maximum absolute atomic E-state index is 10.2. The van der Waals surface area contributed by atoms with Gasteiger partial charge in [0.05, 0.1) is 24.4 Å². The van der Waals surface area contributed by atoms with E-state index in [4.69, 9.17) is 0 Å². The summed E-state index contributed by atoms with van der Waals surface area (Å²) in [6.07, 6.45) is 2.34. The smallest absolute Gasteiger partial charge is 0.0991 e. The molecule has 0 aromatic carbocycles. The topological polar surface area (TPSA) is 63.9 Å². The van der Waals surface area contributed by atoms with Gasteiger partial charge in [-0.1, -0.05) is 19.8 Å². The molecule has 0 spiro atoms. The number of hydrogen-bond donors (Lipinski definition) is 3. The second-order valence-corrected chi connectivity index (χ2v) is 5.23. The van der Waals surface area contributed by atoms with Crippen LogP contribution < -0.4 is 0 Å². The zero-order valence-electron chi connectivity index (χ0n) is 9.92. The molecule has 2 rings (SSSR count). The molecule has 2 saturated heterocycles. The summed E-state index contributed by atoms with van der Waals surface area (Å²) in [6, 6.07) is -0.245. The third-order valence-electron chi connectivity index (χ3n) is 4.14. The average Bonchev–Trinajstić information content (AvgIpc) is 2.55. The average molecular weight is 229 g/mol. The molecule has 0 bridgehead atoms. The lowest BCUT2D eigenvalue weighted by Crippen LogP contribution is -2.53. The van der Waals surface area contributed by atoms with Gasteiger partial charge in [-0.05, 0) is 25.3 Å². The van der Waals surface area contributed by atoms with Gasteiger partial charge in [-0.2, -0.15) is 0 Å². The predicted molar refractivity (Wildman–Crippen MR) is 61.0 cm³/mol. The highest BCUT2D eigenvalue weighted by Gasteiger charge is 2.48. The molecule has 2 fully saturated rings. The van der Waals surface area contributed by atoms with Crippen molar-refractivity contribution in [2.45, 2.75) is 57.0 Å². The third-order valence-corrected chi connectivity index (χ3v) is 4.14. The van der Waals surface area contributed by atoms with E-state index in [-0.39, 0.29) is 6.04 Å². The van der Waals surface area contributed by atoms with Gasteiger partial charge in [0.25, 0.3) is 0 Å². The molecule has 2 heterocycles. The predicted octanol–water partition coefficient (Wildman–Crippen LogP) is -0.0366. The van der Waals surface area contributed by atoms with Crippen LogP contribution in [0, 0.1) is 5.92 Å². The molecule has 0 aliphatic carbocycles. The Balaban J connectivity index is 1.99. The van der Waals surface area contributed by atoms with Crippen LogP contribution >= 0.6 is 0 Å². The largest absolute Gasteiger partial charge is 0.391 e. The molecule has 4 nitrogen and oxygen atoms in total. The van der Waals surface area contributed by atoms with Crippen LogP contribution in [0.1, 0.15) is 32.6 Å². The summed E-state index contributed by atoms with van der Waals surface area (Å²) >= 11 is 0. The maximum atomic E-state index is 10.2. The Bertz CT molecular complexity index is 236. The van der Waals surface area contributed by atoms with Crippen molar-refractivity contribution in [2.24, 2.45) is 5.92 Å². The number of hydrogen-bond acceptors (Lipinski definition) is 4. The van der Waals surface area contributed by atoms with Crippen molar-refractivity contribution >= 4 is 0 Å². The van der Waals surface area contributed by atoms with Gasteiger partial charge in [0.1, 0.15) is 0 Å². The van der Waals surface area contributed by atoms with Crippen LogP contribution in [0.25, 0.3) is 0 Å². The lowest BCUT2D eigenvalue weighted by atomic mass is 9.83. The Hall–Kier alpha value is -0.160. The van der Waals surface area contributed by atoms with Gasteiger partial charge < -0.3 is 15.3 Å². The number of unbranched alkanes of at least 4 members (excludes halogenated alkanes) is 1. The fourth-order valence-corrected chi connectivity index (χ4v) is 3.13. The van der Waals surface area contributed by atoms with Crippen molar-refractivity contribution in [3.05, 3.63) is 0 Å². The number of aliphatic hydroxyl groups is 3. The van der Waals surface area contributed by atoms with E-state index in [1.165, 1.54) is 0 Å². The SMILES string of the molecule is CCCCC1CCN2CC(O)C(O)C2C1O. The first kappa shape index (κ1) is 12.3. The molecule has 5 unspecified atom stereocenters. The second-order valence-electron chi connectivity index (χ2n) is 5.23. The minimum Gasteiger partial charge on any atom is -0.391 e. The summed E-state index contributed by atoms with van der Waals surface area (Å²) in [6.45, 7) is 3.54. The Labute approximate surface area is 96.9 Å². The van der Waals surface area contributed by atoms with Crippen LogP contribution in [0.3, 0.4) is 0 Å². The van der Waals surface area contributed by atoms with E-state index < -0.39 is 18.3 Å². The van der Waals surface area contributed by atoms with Crippen LogP contribution in [0.4, 0.5) is 0 Å². The van der Waals surface area contributed by atoms with Gasteiger partial charge >= 0.3 is 0 Å². The van der Waals surface area contributed by atoms with Crippen molar-refractivity contribution in [3.8, 4) is 0 Å². The molecule has 5 atom stereocenters. The van der Waals surface area contributed by atoms with Crippen LogP contribution in [0.15, 0.2) is 0 Å². The highest BCUT2D eigenvalue weighted by molar-refractivity contribution is 5.01. The molecule has 4 heteroatoms. The lowest BCUT2D eigenvalue weighted by Gasteiger charge is -2.40. The Morgan fingerprint density at radius 1 is 1.19 bits per heavy atom. The monoisotopic (exact) mass is 229 g/mol. The summed E-state index contributed by atoms with van der Waals surface area (Å²) in [5, 5.41) is 29.7. The van der Waals surface area contributed by atoms with E-state index >= 15 is 0 Å². The van der Waals surface area contributed by atoms with Crippen molar-refractivity contribution in [3.63, 3.8) is 0 Å². The minimum atomic E-state index is -0.778. The first-order valence-electron chi connectivity index (χ1n) is 6.43. The minimum absolute atomic E-state index is 0.245. The number of rotatable bonds is 3. The molecule has 0 amide bonds. The molecule has 0 aromatic heterocycles. The fourth-order valence-electron chi connectivity index (χ4n) is 3.13. The number of aliphatic hydroxyl groups excluding tert-OH is 3. The summed E-state index contributed by atoms with van der Waals surface area (Å²) < 4.78 is 0. The van der Waals surface area contributed by atoms with Gasteiger partial charge in [0.15, 0.2) is 0 Å². The van der Waals surface area contributed by atoms with E-state index in [2.05, 4.69) is 6.92 Å². The molecule has 0 aromatic rings. The zero-order valence-corrected chi connectivity index (χ0v) is 9.92. The Morgan fingerprint density at radius 2 is 1.94 bits per heavy atom. The molecule has 0 radical (unpaired) electrons. The molecular weight excluding hydrogens is 206 g/mol. The number of fused-ring (bicyclic) bond motifs is 1. The lowest BCUT2D eigenvalue weighted by molar-refractivity contribution is -0.0584. The van der Waals surface area contributed by atoms with Crippen LogP contribution in [0.5, 0.6) is 0 Å². The van der Waals surface area contributed by atoms with Crippen LogP contribution in [-0.4, -0.2) is 57.7 Å². The van der Waals surface area contributed by atoms with Gasteiger partial charge in [0, 0.05) is 6.54 Å². The maximum Gasteiger partial charge on any atom is 0.0991 e. The van der Waals surface area contributed by atoms with E-state index in [9.17, 15) is 15.3 Å². The van der Waals surface area contributed by atoms with Gasteiger partial charge in [-0.25, -0.2) is 0 Å². The highest BCUT2D eigenvalue weighted by atomic mass is 16.3. The van der Waals surface area contributed by atoms with E-state index in [0.29, 0.717) is 12.5 Å². The van der Waals surface area contributed by atoms with Gasteiger partial charge in [0.2, 0.25) is 0 Å². The standard InChI is InChI=1S/C12H23NO3/c1-2-3-4-8-5-6-13-7-9(14)12(16)10(13)11(8)15/h8-12,14-16H,2-7H2,1H3. The summed E-state index contributed by atoms with van der Waals surface area (Å²) in [5.41, 5.74) is 0. The summed E-state index contributed by atoms with van der Waals surface area (Å²) in [4.78, 5) is 2.03. The first-order chi connectivity index (χ1) is 7.65. The molecule has 94 valence electrons. The van der Waals surface area contributed by atoms with E-state index in [1.807, 2.05) is 4.90 Å². The molecule has 2 aliphatic rings. The Morgan fingerprint density at radius 3 is 2.62 bits per heavy atom. The molecular formula is C12H23NO3. The van der Waals surface area contributed by atoms with Crippen molar-refractivity contribution in [1.82, 2.24) is 4.90 Å². The molecule has 16 heavy (non-hydrogen) atoms. The third kappa shape index (κ3) is 2.12. The quantitative estimate of drug-likeness (QED) is 0.635. The molecule has 3 N–H and O–H groups in total. The van der Waals surface area contributed by atoms with Crippen LogP contribution in [0.2, 0.25) is 0 Å². The zero-order chi connectivity index (χ0) is 11.7. The summed E-state index contributed by atoms with van der Waals surface area (Å²) in [7, 11) is 0. The van der Waals surface area contributed by atoms with Crippen molar-refractivity contribution in [2.75, 3.05) is 13.1 Å². The number of nitrogens with zero attached hydrogens (tertiary/aromatic N) is 1. The second kappa shape index (κ2) is 5.00. The highest BCUT2D eigenvalue weighted by Crippen LogP contribution is 2.33. The van der Waals surface area contributed by atoms with Crippen molar-refractivity contribution in [1.29, 1.82) is 0 Å². The Kier molecular flexibility index (Phi) is 3.85. The molecule has 0 saturated carbocycles. The fraction of sp³-hybridized carbons (Fsp3) is 1.00. The normalized spacial score (nSPS) is 44.6. The van der Waals surface area contributed by atoms with E-state index in [0.717, 1.165) is 32.2 Å². The van der Waals surface area contributed by atoms with E-state index in [1.54, 1.807) is 0 Å². The van der Waals surface area contributed by atoms with Gasteiger partial charge in [-0.15, -0.1) is 0 Å². The molecule has 2 aliphatic heterocycles. The summed E-state index contributed by atoms with van der Waals surface area (Å²) in [5.74, 6) is 0.293.